The first-order valence-electron chi connectivity index (χ1n) is 17.6. The van der Waals surface area contributed by atoms with E-state index in [2.05, 4.69) is 28.1 Å². The number of amides is 3. The molecule has 0 saturated carbocycles. The summed E-state index contributed by atoms with van der Waals surface area (Å²) in [5, 5.41) is 21.0. The van der Waals surface area contributed by atoms with Crippen molar-refractivity contribution in [3.05, 3.63) is 102 Å². The van der Waals surface area contributed by atoms with E-state index in [0.29, 0.717) is 25.1 Å². The Kier molecular flexibility index (Phi) is 15.6. The molecule has 50 heavy (non-hydrogen) atoms. The number of piperidine rings is 1. The summed E-state index contributed by atoms with van der Waals surface area (Å²) < 4.78 is 19.1. The number of thioether (sulfide) groups is 1. The molecule has 1 heterocycles. The average Bonchev–Trinajstić information content (AvgIpc) is 3.12. The first kappa shape index (κ1) is 38.9. The van der Waals surface area contributed by atoms with E-state index in [9.17, 15) is 23.9 Å². The fourth-order valence-corrected chi connectivity index (χ4v) is 7.16. The first-order chi connectivity index (χ1) is 24.1. The van der Waals surface area contributed by atoms with Gasteiger partial charge in [0.05, 0.1) is 18.2 Å². The zero-order valence-electron chi connectivity index (χ0n) is 29.2. The summed E-state index contributed by atoms with van der Waals surface area (Å²) in [6, 6.07) is 23.1. The van der Waals surface area contributed by atoms with Crippen molar-refractivity contribution in [1.29, 1.82) is 0 Å². The summed E-state index contributed by atoms with van der Waals surface area (Å²) in [6.45, 7) is 6.88. The molecule has 0 radical (unpaired) electrons. The fourth-order valence-electron chi connectivity index (χ4n) is 5.94. The van der Waals surface area contributed by atoms with E-state index in [0.717, 1.165) is 24.8 Å². The highest BCUT2D eigenvalue weighted by atomic mass is 32.2. The van der Waals surface area contributed by atoms with E-state index in [1.807, 2.05) is 55.5 Å². The Hall–Kier alpha value is -3.93. The number of carbonyl (C=O) groups is 3. The van der Waals surface area contributed by atoms with Crippen molar-refractivity contribution < 1.29 is 28.6 Å². The molecule has 4 rings (SSSR count). The van der Waals surface area contributed by atoms with Gasteiger partial charge >= 0.3 is 6.09 Å². The van der Waals surface area contributed by atoms with Crippen LogP contribution >= 0.6 is 11.8 Å². The van der Waals surface area contributed by atoms with Crippen LogP contribution in [0.25, 0.3) is 0 Å². The fraction of sp³-hybridized carbons (Fsp3) is 0.462. The maximum atomic E-state index is 14.0. The van der Waals surface area contributed by atoms with Crippen LogP contribution in [0.4, 0.5) is 9.18 Å². The van der Waals surface area contributed by atoms with Gasteiger partial charge in [-0.3, -0.25) is 9.59 Å². The third-order valence-corrected chi connectivity index (χ3v) is 10.1. The maximum Gasteiger partial charge on any atom is 0.408 e. The van der Waals surface area contributed by atoms with Gasteiger partial charge in [0, 0.05) is 23.2 Å². The molecule has 3 aromatic rings. The van der Waals surface area contributed by atoms with Crippen LogP contribution in [0.2, 0.25) is 0 Å². The SMILES string of the molecule is CCCCN(C[C@@H](O)[C@H](Cc1ccc(F)cc1)NC(=O)[C@@H](NC(=O)OCc1ccccc1)C(C)C)C(=O)[C@@H]1C[C@H](Sc2ccccc2)CCN1. The molecule has 3 amide bonds. The molecule has 3 aromatic carbocycles. The lowest BCUT2D eigenvalue weighted by Crippen LogP contribution is -2.58. The quantitative estimate of drug-likeness (QED) is 0.142. The highest BCUT2D eigenvalue weighted by Gasteiger charge is 2.34. The lowest BCUT2D eigenvalue weighted by Gasteiger charge is -2.36. The molecule has 9 nitrogen and oxygen atoms in total. The lowest BCUT2D eigenvalue weighted by atomic mass is 9.97. The second-order valence-corrected chi connectivity index (χ2v) is 14.5. The summed E-state index contributed by atoms with van der Waals surface area (Å²) in [7, 11) is 0. The molecule has 0 bridgehead atoms. The van der Waals surface area contributed by atoms with Crippen molar-refractivity contribution in [2.45, 2.75) is 93.9 Å². The minimum absolute atomic E-state index is 0.00145. The van der Waals surface area contributed by atoms with Gasteiger partial charge in [-0.1, -0.05) is 87.9 Å². The topological polar surface area (TPSA) is 120 Å². The number of aliphatic hydroxyl groups excluding tert-OH is 1. The number of hydrogen-bond acceptors (Lipinski definition) is 7. The average molecular weight is 707 g/mol. The molecule has 0 aromatic heterocycles. The van der Waals surface area contributed by atoms with Gasteiger partial charge in [-0.2, -0.15) is 0 Å². The number of unbranched alkanes of at least 4 members (excludes halogenated alkanes) is 1. The molecule has 0 unspecified atom stereocenters. The minimum Gasteiger partial charge on any atom is -0.445 e. The molecule has 11 heteroatoms. The minimum atomic E-state index is -1.15. The highest BCUT2D eigenvalue weighted by molar-refractivity contribution is 8.00. The smallest absolute Gasteiger partial charge is 0.408 e. The van der Waals surface area contributed by atoms with Crippen molar-refractivity contribution in [3.8, 4) is 0 Å². The molecular weight excluding hydrogens is 656 g/mol. The van der Waals surface area contributed by atoms with Crippen LogP contribution in [0.3, 0.4) is 0 Å². The first-order valence-corrected chi connectivity index (χ1v) is 18.4. The molecule has 1 aliphatic rings. The van der Waals surface area contributed by atoms with Crippen LogP contribution in [0.15, 0.2) is 89.8 Å². The van der Waals surface area contributed by atoms with Gasteiger partial charge in [0.25, 0.3) is 0 Å². The second kappa shape index (κ2) is 20.1. The molecule has 4 N–H and O–H groups in total. The number of carbonyl (C=O) groups excluding carboxylic acids is 3. The zero-order chi connectivity index (χ0) is 35.9. The van der Waals surface area contributed by atoms with Crippen LogP contribution in [-0.2, 0) is 27.4 Å². The van der Waals surface area contributed by atoms with Gasteiger partial charge < -0.3 is 30.7 Å². The second-order valence-electron chi connectivity index (χ2n) is 13.2. The number of halogens is 1. The van der Waals surface area contributed by atoms with E-state index in [4.69, 9.17) is 4.74 Å². The van der Waals surface area contributed by atoms with E-state index in [1.165, 1.54) is 17.0 Å². The number of nitrogens with one attached hydrogen (secondary N) is 3. The van der Waals surface area contributed by atoms with Crippen molar-refractivity contribution in [2.75, 3.05) is 19.6 Å². The molecule has 0 spiro atoms. The predicted molar refractivity (Wildman–Crippen MR) is 195 cm³/mol. The Labute approximate surface area is 299 Å². The third kappa shape index (κ3) is 12.4. The van der Waals surface area contributed by atoms with Crippen molar-refractivity contribution in [1.82, 2.24) is 20.9 Å². The lowest BCUT2D eigenvalue weighted by molar-refractivity contribution is -0.136. The van der Waals surface area contributed by atoms with Crippen LogP contribution in [0, 0.1) is 11.7 Å². The largest absolute Gasteiger partial charge is 0.445 e. The van der Waals surface area contributed by atoms with Crippen molar-refractivity contribution >= 4 is 29.7 Å². The summed E-state index contributed by atoms with van der Waals surface area (Å²) >= 11 is 1.78. The van der Waals surface area contributed by atoms with Gasteiger partial charge in [-0.15, -0.1) is 11.8 Å². The van der Waals surface area contributed by atoms with Crippen LogP contribution in [0.5, 0.6) is 0 Å². The Balaban J connectivity index is 1.46. The van der Waals surface area contributed by atoms with E-state index in [1.54, 1.807) is 42.6 Å². The number of benzene rings is 3. The van der Waals surface area contributed by atoms with Gasteiger partial charge in [0.2, 0.25) is 11.8 Å². The van der Waals surface area contributed by atoms with Crippen LogP contribution < -0.4 is 16.0 Å². The highest BCUT2D eigenvalue weighted by Crippen LogP contribution is 2.30. The van der Waals surface area contributed by atoms with E-state index < -0.39 is 42.0 Å². The zero-order valence-corrected chi connectivity index (χ0v) is 30.0. The van der Waals surface area contributed by atoms with Gasteiger partial charge in [-0.25, -0.2) is 9.18 Å². The maximum absolute atomic E-state index is 14.0. The van der Waals surface area contributed by atoms with E-state index in [-0.39, 0.29) is 36.6 Å². The Morgan fingerprint density at radius 3 is 2.32 bits per heavy atom. The number of ether oxygens (including phenoxy) is 1. The monoisotopic (exact) mass is 706 g/mol. The Bertz CT molecular complexity index is 1480. The standard InChI is InChI=1S/C39H51FN4O5S/c1-4-5-22-44(38(47)34-24-32(20-21-41-34)50-31-14-10-7-11-15-31)25-35(45)33(23-28-16-18-30(40)19-17-28)42-37(46)36(27(2)3)43-39(48)49-26-29-12-8-6-9-13-29/h6-19,27,32-36,41,45H,4-5,20-26H2,1-3H3,(H,42,46)(H,43,48)/t32-,33+,34+,35-,36+/m1/s1. The van der Waals surface area contributed by atoms with E-state index >= 15 is 0 Å². The number of nitrogens with zero attached hydrogens (tertiary/aromatic N) is 1. The number of alkyl carbamates (subject to hydrolysis) is 1. The number of aliphatic hydroxyl groups is 1. The molecular formula is C39H51FN4O5S. The summed E-state index contributed by atoms with van der Waals surface area (Å²) in [5.74, 6) is -1.27. The third-order valence-electron chi connectivity index (χ3n) is 8.80. The van der Waals surface area contributed by atoms with Gasteiger partial charge in [0.15, 0.2) is 0 Å². The molecule has 1 saturated heterocycles. The normalized spacial score (nSPS) is 17.7. The van der Waals surface area contributed by atoms with Gasteiger partial charge in [-0.05, 0) is 73.5 Å². The summed E-state index contributed by atoms with van der Waals surface area (Å²) in [4.78, 5) is 43.3. The Morgan fingerprint density at radius 1 is 0.980 bits per heavy atom. The Morgan fingerprint density at radius 2 is 1.66 bits per heavy atom. The molecule has 1 fully saturated rings. The molecule has 1 aliphatic heterocycles. The molecule has 0 aliphatic carbocycles. The predicted octanol–water partition coefficient (Wildman–Crippen LogP) is 5.71. The van der Waals surface area contributed by atoms with Gasteiger partial charge in [0.1, 0.15) is 18.5 Å². The molecule has 5 atom stereocenters. The summed E-state index contributed by atoms with van der Waals surface area (Å²) in [5.41, 5.74) is 1.51. The van der Waals surface area contributed by atoms with Crippen molar-refractivity contribution in [2.24, 2.45) is 5.92 Å². The summed E-state index contributed by atoms with van der Waals surface area (Å²) in [6.07, 6.45) is 1.52. The van der Waals surface area contributed by atoms with Crippen molar-refractivity contribution in [3.63, 3.8) is 0 Å². The number of rotatable bonds is 17. The molecule has 270 valence electrons. The van der Waals surface area contributed by atoms with Crippen LogP contribution in [-0.4, -0.2) is 77.0 Å². The van der Waals surface area contributed by atoms with Crippen LogP contribution in [0.1, 0.15) is 57.6 Å². The number of hydrogen-bond donors (Lipinski definition) is 4.